The number of carbonyl (C=O) groups excluding carboxylic acids is 2. The summed E-state index contributed by atoms with van der Waals surface area (Å²) in [6, 6.07) is 0. The van der Waals surface area contributed by atoms with Gasteiger partial charge >= 0.3 is 11.9 Å². The summed E-state index contributed by atoms with van der Waals surface area (Å²) in [7, 11) is 0. The molecule has 1 heterocycles. The molecule has 1 aliphatic rings. The lowest BCUT2D eigenvalue weighted by molar-refractivity contribution is -0.156. The molecule has 0 aliphatic carbocycles. The van der Waals surface area contributed by atoms with Crippen LogP contribution in [0.25, 0.3) is 0 Å². The van der Waals surface area contributed by atoms with E-state index in [2.05, 4.69) is 0 Å². The van der Waals surface area contributed by atoms with Crippen molar-refractivity contribution in [1.82, 2.24) is 0 Å². The van der Waals surface area contributed by atoms with Gasteiger partial charge in [-0.05, 0) is 13.8 Å². The molecule has 1 fully saturated rings. The summed E-state index contributed by atoms with van der Waals surface area (Å²) in [4.78, 5) is 22.3. The second-order valence-electron chi connectivity index (χ2n) is 3.68. The van der Waals surface area contributed by atoms with Crippen LogP contribution in [0.3, 0.4) is 0 Å². The SMILES string of the molecule is CCOC(=O)[C@H](C)[C@@H]1OC(=O)C[C@H]1C. The van der Waals surface area contributed by atoms with Crippen LogP contribution in [0.5, 0.6) is 0 Å². The standard InChI is InChI=1S/C10H16O4/c1-4-13-10(12)7(3)9-6(2)5-8(11)14-9/h6-7,9H,4-5H2,1-3H3/t6-,7-,9-/m1/s1. The van der Waals surface area contributed by atoms with E-state index in [0.29, 0.717) is 13.0 Å². The molecule has 1 saturated heterocycles. The molecule has 1 rings (SSSR count). The van der Waals surface area contributed by atoms with E-state index in [0.717, 1.165) is 0 Å². The highest BCUT2D eigenvalue weighted by Gasteiger charge is 2.38. The van der Waals surface area contributed by atoms with Crippen molar-refractivity contribution in [1.29, 1.82) is 0 Å². The Labute approximate surface area is 83.6 Å². The summed E-state index contributed by atoms with van der Waals surface area (Å²) in [5, 5.41) is 0. The van der Waals surface area contributed by atoms with E-state index >= 15 is 0 Å². The Bertz CT molecular complexity index is 236. The summed E-state index contributed by atoms with van der Waals surface area (Å²) in [6.45, 7) is 5.76. The Hall–Kier alpha value is -1.06. The summed E-state index contributed by atoms with van der Waals surface area (Å²) < 4.78 is 9.93. The van der Waals surface area contributed by atoms with Crippen LogP contribution in [0.15, 0.2) is 0 Å². The quantitative estimate of drug-likeness (QED) is 0.641. The zero-order valence-corrected chi connectivity index (χ0v) is 8.78. The normalized spacial score (nSPS) is 28.4. The third-order valence-corrected chi connectivity index (χ3v) is 2.47. The highest BCUT2D eigenvalue weighted by atomic mass is 16.6. The summed E-state index contributed by atoms with van der Waals surface area (Å²) in [5.41, 5.74) is 0. The maximum atomic E-state index is 11.4. The number of hydrogen-bond acceptors (Lipinski definition) is 4. The fourth-order valence-electron chi connectivity index (χ4n) is 1.70. The predicted molar refractivity (Wildman–Crippen MR) is 49.5 cm³/mol. The summed E-state index contributed by atoms with van der Waals surface area (Å²) in [5.74, 6) is -0.781. The van der Waals surface area contributed by atoms with Crippen LogP contribution in [-0.4, -0.2) is 24.6 Å². The first-order valence-corrected chi connectivity index (χ1v) is 4.92. The van der Waals surface area contributed by atoms with Crippen molar-refractivity contribution >= 4 is 11.9 Å². The molecule has 0 saturated carbocycles. The average Bonchev–Trinajstić information content (AvgIpc) is 2.44. The van der Waals surface area contributed by atoms with E-state index < -0.39 is 0 Å². The zero-order chi connectivity index (χ0) is 10.7. The lowest BCUT2D eigenvalue weighted by Crippen LogP contribution is -2.30. The Morgan fingerprint density at radius 3 is 2.79 bits per heavy atom. The molecule has 0 aromatic rings. The largest absolute Gasteiger partial charge is 0.466 e. The van der Waals surface area contributed by atoms with Gasteiger partial charge in [0.25, 0.3) is 0 Å². The van der Waals surface area contributed by atoms with Gasteiger partial charge in [-0.3, -0.25) is 9.59 Å². The Kier molecular flexibility index (Phi) is 3.49. The number of rotatable bonds is 3. The van der Waals surface area contributed by atoms with Gasteiger partial charge in [-0.1, -0.05) is 6.92 Å². The van der Waals surface area contributed by atoms with Crippen molar-refractivity contribution in [2.45, 2.75) is 33.3 Å². The van der Waals surface area contributed by atoms with Crippen LogP contribution in [-0.2, 0) is 19.1 Å². The maximum absolute atomic E-state index is 11.4. The first-order valence-electron chi connectivity index (χ1n) is 4.92. The molecule has 4 heteroatoms. The molecular weight excluding hydrogens is 184 g/mol. The third-order valence-electron chi connectivity index (χ3n) is 2.47. The van der Waals surface area contributed by atoms with Crippen molar-refractivity contribution in [3.8, 4) is 0 Å². The molecule has 14 heavy (non-hydrogen) atoms. The van der Waals surface area contributed by atoms with Gasteiger partial charge in [0.05, 0.1) is 18.9 Å². The second kappa shape index (κ2) is 4.44. The molecule has 0 radical (unpaired) electrons. The Morgan fingerprint density at radius 1 is 1.71 bits per heavy atom. The van der Waals surface area contributed by atoms with Crippen molar-refractivity contribution in [2.75, 3.05) is 6.61 Å². The number of esters is 2. The average molecular weight is 200 g/mol. The van der Waals surface area contributed by atoms with Crippen LogP contribution in [0.4, 0.5) is 0 Å². The first kappa shape index (κ1) is 11.0. The van der Waals surface area contributed by atoms with E-state index in [4.69, 9.17) is 9.47 Å². The number of cyclic esters (lactones) is 1. The summed E-state index contributed by atoms with van der Waals surface area (Å²) in [6.07, 6.45) is 0.0792. The van der Waals surface area contributed by atoms with Gasteiger partial charge in [-0.25, -0.2) is 0 Å². The van der Waals surface area contributed by atoms with E-state index in [1.807, 2.05) is 6.92 Å². The lowest BCUT2D eigenvalue weighted by atomic mass is 9.93. The first-order chi connectivity index (χ1) is 6.56. The molecule has 0 bridgehead atoms. The molecule has 0 aromatic carbocycles. The molecule has 4 nitrogen and oxygen atoms in total. The van der Waals surface area contributed by atoms with Crippen LogP contribution < -0.4 is 0 Å². The Balaban J connectivity index is 2.56. The van der Waals surface area contributed by atoms with Gasteiger partial charge in [-0.2, -0.15) is 0 Å². The van der Waals surface area contributed by atoms with Crippen molar-refractivity contribution in [3.63, 3.8) is 0 Å². The molecule has 0 N–H and O–H groups in total. The fraction of sp³-hybridized carbons (Fsp3) is 0.800. The van der Waals surface area contributed by atoms with Gasteiger partial charge in [0.2, 0.25) is 0 Å². The van der Waals surface area contributed by atoms with E-state index in [1.54, 1.807) is 13.8 Å². The number of carbonyl (C=O) groups is 2. The van der Waals surface area contributed by atoms with Crippen molar-refractivity contribution in [3.05, 3.63) is 0 Å². The van der Waals surface area contributed by atoms with E-state index in [-0.39, 0.29) is 29.9 Å². The zero-order valence-electron chi connectivity index (χ0n) is 8.78. The van der Waals surface area contributed by atoms with Gasteiger partial charge in [0.1, 0.15) is 6.10 Å². The molecule has 0 unspecified atom stereocenters. The second-order valence-corrected chi connectivity index (χ2v) is 3.68. The van der Waals surface area contributed by atoms with Gasteiger partial charge in [0, 0.05) is 5.92 Å². The minimum absolute atomic E-state index is 0.0990. The van der Waals surface area contributed by atoms with Gasteiger partial charge in [0.15, 0.2) is 0 Å². The third kappa shape index (κ3) is 2.25. The van der Waals surface area contributed by atoms with Crippen molar-refractivity contribution in [2.24, 2.45) is 11.8 Å². The van der Waals surface area contributed by atoms with E-state index in [1.165, 1.54) is 0 Å². The van der Waals surface area contributed by atoms with Crippen LogP contribution >= 0.6 is 0 Å². The molecular formula is C10H16O4. The van der Waals surface area contributed by atoms with Gasteiger partial charge in [-0.15, -0.1) is 0 Å². The van der Waals surface area contributed by atoms with Crippen LogP contribution in [0.2, 0.25) is 0 Å². The van der Waals surface area contributed by atoms with E-state index in [9.17, 15) is 9.59 Å². The van der Waals surface area contributed by atoms with Crippen molar-refractivity contribution < 1.29 is 19.1 Å². The predicted octanol–water partition coefficient (Wildman–Crippen LogP) is 1.14. The number of ether oxygens (including phenoxy) is 2. The molecule has 0 amide bonds. The highest BCUT2D eigenvalue weighted by molar-refractivity contribution is 5.76. The maximum Gasteiger partial charge on any atom is 0.312 e. The molecule has 3 atom stereocenters. The topological polar surface area (TPSA) is 52.6 Å². The van der Waals surface area contributed by atoms with Crippen LogP contribution in [0, 0.1) is 11.8 Å². The lowest BCUT2D eigenvalue weighted by Gasteiger charge is -2.19. The fourth-order valence-corrected chi connectivity index (χ4v) is 1.70. The summed E-state index contributed by atoms with van der Waals surface area (Å²) >= 11 is 0. The Morgan fingerprint density at radius 2 is 2.36 bits per heavy atom. The minimum Gasteiger partial charge on any atom is -0.466 e. The molecule has 0 spiro atoms. The molecule has 0 aromatic heterocycles. The van der Waals surface area contributed by atoms with Gasteiger partial charge < -0.3 is 9.47 Å². The molecule has 80 valence electrons. The molecule has 1 aliphatic heterocycles. The van der Waals surface area contributed by atoms with Crippen LogP contribution in [0.1, 0.15) is 27.2 Å². The smallest absolute Gasteiger partial charge is 0.312 e. The number of hydrogen-bond donors (Lipinski definition) is 0. The minimum atomic E-state index is -0.364. The highest BCUT2D eigenvalue weighted by Crippen LogP contribution is 2.27. The monoisotopic (exact) mass is 200 g/mol.